The molecule has 0 aliphatic carbocycles. The lowest BCUT2D eigenvalue weighted by Gasteiger charge is -2.40. The summed E-state index contributed by atoms with van der Waals surface area (Å²) in [6.45, 7) is 6.12. The summed E-state index contributed by atoms with van der Waals surface area (Å²) >= 11 is 0. The second-order valence-electron chi connectivity index (χ2n) is 6.52. The van der Waals surface area contributed by atoms with Gasteiger partial charge in [-0.2, -0.15) is 0 Å². The number of piperidine rings is 1. The van der Waals surface area contributed by atoms with Crippen LogP contribution in [0, 0.1) is 19.8 Å². The van der Waals surface area contributed by atoms with Crippen LogP contribution < -0.4 is 5.32 Å². The van der Waals surface area contributed by atoms with E-state index < -0.39 is 5.60 Å². The molecule has 0 radical (unpaired) electrons. The van der Waals surface area contributed by atoms with Crippen molar-refractivity contribution in [1.82, 2.24) is 5.32 Å². The van der Waals surface area contributed by atoms with Crippen molar-refractivity contribution < 1.29 is 5.11 Å². The maximum absolute atomic E-state index is 11.7. The minimum Gasteiger partial charge on any atom is -0.380 e. The van der Waals surface area contributed by atoms with Crippen molar-refractivity contribution in [3.8, 4) is 0 Å². The average molecular weight is 295 g/mol. The monoisotopic (exact) mass is 295 g/mol. The zero-order valence-electron chi connectivity index (χ0n) is 13.5. The van der Waals surface area contributed by atoms with Crippen LogP contribution in [0.25, 0.3) is 0 Å². The molecular weight excluding hydrogens is 270 g/mol. The molecule has 0 spiro atoms. The van der Waals surface area contributed by atoms with Gasteiger partial charge in [0.15, 0.2) is 0 Å². The summed E-state index contributed by atoms with van der Waals surface area (Å²) < 4.78 is 0. The zero-order valence-corrected chi connectivity index (χ0v) is 13.5. The minimum absolute atomic E-state index is 0.249. The summed E-state index contributed by atoms with van der Waals surface area (Å²) in [6, 6.07) is 16.7. The van der Waals surface area contributed by atoms with E-state index in [1.165, 1.54) is 11.1 Å². The van der Waals surface area contributed by atoms with Crippen LogP contribution in [0.2, 0.25) is 0 Å². The third kappa shape index (κ3) is 2.81. The van der Waals surface area contributed by atoms with E-state index in [0.717, 1.165) is 37.1 Å². The van der Waals surface area contributed by atoms with Gasteiger partial charge in [-0.15, -0.1) is 0 Å². The van der Waals surface area contributed by atoms with Gasteiger partial charge >= 0.3 is 0 Å². The summed E-state index contributed by atoms with van der Waals surface area (Å²) in [6.07, 6.45) is 2.00. The first-order valence-corrected chi connectivity index (χ1v) is 8.18. The van der Waals surface area contributed by atoms with Crippen molar-refractivity contribution in [2.45, 2.75) is 32.3 Å². The van der Waals surface area contributed by atoms with Crippen molar-refractivity contribution in [2.75, 3.05) is 13.1 Å². The van der Waals surface area contributed by atoms with Crippen LogP contribution in [0.3, 0.4) is 0 Å². The molecule has 1 fully saturated rings. The van der Waals surface area contributed by atoms with Gasteiger partial charge in [-0.3, -0.25) is 0 Å². The molecular formula is C20H25NO. The summed E-state index contributed by atoms with van der Waals surface area (Å²) in [7, 11) is 0. The van der Waals surface area contributed by atoms with Gasteiger partial charge in [0.05, 0.1) is 0 Å². The molecule has 0 aromatic heterocycles. The predicted octanol–water partition coefficient (Wildman–Crippen LogP) is 3.54. The number of aliphatic hydroxyl groups is 1. The largest absolute Gasteiger partial charge is 0.380 e. The Bertz CT molecular complexity index is 564. The van der Waals surface area contributed by atoms with Gasteiger partial charge in [0.2, 0.25) is 0 Å². The molecule has 2 N–H and O–H groups in total. The highest BCUT2D eigenvalue weighted by Gasteiger charge is 2.40. The van der Waals surface area contributed by atoms with Gasteiger partial charge in [-0.05, 0) is 56.8 Å². The van der Waals surface area contributed by atoms with Crippen molar-refractivity contribution >= 4 is 0 Å². The molecule has 1 aliphatic rings. The predicted molar refractivity (Wildman–Crippen MR) is 91.0 cm³/mol. The fourth-order valence-corrected chi connectivity index (χ4v) is 3.49. The van der Waals surface area contributed by atoms with E-state index in [4.69, 9.17) is 0 Å². The maximum Gasteiger partial charge on any atom is 0.117 e. The van der Waals surface area contributed by atoms with Gasteiger partial charge in [0, 0.05) is 0 Å². The van der Waals surface area contributed by atoms with Crippen molar-refractivity contribution in [2.24, 2.45) is 5.92 Å². The second-order valence-corrected chi connectivity index (χ2v) is 6.52. The highest BCUT2D eigenvalue weighted by molar-refractivity contribution is 5.39. The number of hydrogen-bond donors (Lipinski definition) is 2. The average Bonchev–Trinajstić information content (AvgIpc) is 2.56. The standard InChI is InChI=1S/C20H25NO/c1-15-3-7-17(8-4-15)20(22,19-11-13-21-14-12-19)18-9-5-16(2)6-10-18/h3-10,19,21-22H,11-14H2,1-2H3. The van der Waals surface area contributed by atoms with Crippen molar-refractivity contribution in [1.29, 1.82) is 0 Å². The lowest BCUT2D eigenvalue weighted by molar-refractivity contribution is 0.00235. The van der Waals surface area contributed by atoms with Crippen LogP contribution in [0.1, 0.15) is 35.1 Å². The van der Waals surface area contributed by atoms with Crippen LogP contribution >= 0.6 is 0 Å². The Labute approximate surface area is 133 Å². The fourth-order valence-electron chi connectivity index (χ4n) is 3.49. The van der Waals surface area contributed by atoms with Gasteiger partial charge in [0.25, 0.3) is 0 Å². The molecule has 1 saturated heterocycles. The molecule has 116 valence electrons. The van der Waals surface area contributed by atoms with Crippen LogP contribution in [0.4, 0.5) is 0 Å². The number of benzene rings is 2. The van der Waals surface area contributed by atoms with E-state index in [1.807, 2.05) is 0 Å². The van der Waals surface area contributed by atoms with Gasteiger partial charge in [-0.25, -0.2) is 0 Å². The molecule has 0 saturated carbocycles. The first kappa shape index (κ1) is 15.3. The molecule has 0 atom stereocenters. The molecule has 3 rings (SSSR count). The third-order valence-electron chi connectivity index (χ3n) is 4.91. The lowest BCUT2D eigenvalue weighted by atomic mass is 9.72. The maximum atomic E-state index is 11.7. The Hall–Kier alpha value is -1.64. The Morgan fingerprint density at radius 1 is 0.818 bits per heavy atom. The summed E-state index contributed by atoms with van der Waals surface area (Å²) in [4.78, 5) is 0. The van der Waals surface area contributed by atoms with Gasteiger partial charge in [0.1, 0.15) is 5.60 Å². The fraction of sp³-hybridized carbons (Fsp3) is 0.400. The van der Waals surface area contributed by atoms with Crippen LogP contribution in [0.5, 0.6) is 0 Å². The SMILES string of the molecule is Cc1ccc(C(O)(c2ccc(C)cc2)C2CCNCC2)cc1. The smallest absolute Gasteiger partial charge is 0.117 e. The van der Waals surface area contributed by atoms with E-state index in [-0.39, 0.29) is 5.92 Å². The zero-order chi connectivity index (χ0) is 15.6. The summed E-state index contributed by atoms with van der Waals surface area (Å²) in [5.74, 6) is 0.249. The highest BCUT2D eigenvalue weighted by atomic mass is 16.3. The molecule has 0 bridgehead atoms. The molecule has 2 aromatic rings. The number of nitrogens with one attached hydrogen (secondary N) is 1. The normalized spacial score (nSPS) is 16.7. The lowest BCUT2D eigenvalue weighted by Crippen LogP contribution is -2.42. The second kappa shape index (κ2) is 6.23. The third-order valence-corrected chi connectivity index (χ3v) is 4.91. The quantitative estimate of drug-likeness (QED) is 0.908. The Morgan fingerprint density at radius 2 is 1.23 bits per heavy atom. The van der Waals surface area contributed by atoms with Gasteiger partial charge < -0.3 is 10.4 Å². The van der Waals surface area contributed by atoms with Crippen LogP contribution in [-0.2, 0) is 5.60 Å². The molecule has 2 heteroatoms. The van der Waals surface area contributed by atoms with E-state index >= 15 is 0 Å². The molecule has 0 unspecified atom stereocenters. The Kier molecular flexibility index (Phi) is 4.32. The summed E-state index contributed by atoms with van der Waals surface area (Å²) in [5, 5.41) is 15.1. The van der Waals surface area contributed by atoms with Gasteiger partial charge in [-0.1, -0.05) is 59.7 Å². The van der Waals surface area contributed by atoms with Crippen LogP contribution in [-0.4, -0.2) is 18.2 Å². The summed E-state index contributed by atoms with van der Waals surface area (Å²) in [5.41, 5.74) is 3.56. The van der Waals surface area contributed by atoms with Crippen molar-refractivity contribution in [3.05, 3.63) is 70.8 Å². The van der Waals surface area contributed by atoms with E-state index in [1.54, 1.807) is 0 Å². The molecule has 1 heterocycles. The van der Waals surface area contributed by atoms with E-state index in [9.17, 15) is 5.11 Å². The van der Waals surface area contributed by atoms with Crippen molar-refractivity contribution in [3.63, 3.8) is 0 Å². The molecule has 1 aliphatic heterocycles. The minimum atomic E-state index is -0.899. The number of hydrogen-bond acceptors (Lipinski definition) is 2. The first-order chi connectivity index (χ1) is 10.6. The first-order valence-electron chi connectivity index (χ1n) is 8.18. The topological polar surface area (TPSA) is 32.3 Å². The number of rotatable bonds is 3. The van der Waals surface area contributed by atoms with E-state index in [0.29, 0.717) is 0 Å². The molecule has 0 amide bonds. The molecule has 2 nitrogen and oxygen atoms in total. The molecule has 22 heavy (non-hydrogen) atoms. The van der Waals surface area contributed by atoms with Crippen LogP contribution in [0.15, 0.2) is 48.5 Å². The van der Waals surface area contributed by atoms with E-state index in [2.05, 4.69) is 67.7 Å². The Morgan fingerprint density at radius 3 is 1.64 bits per heavy atom. The Balaban J connectivity index is 2.08. The number of aryl methyl sites for hydroxylation is 2. The molecule has 2 aromatic carbocycles. The highest BCUT2D eigenvalue weighted by Crippen LogP contribution is 2.41.